The van der Waals surface area contributed by atoms with Gasteiger partial charge in [0.2, 0.25) is 0 Å². The van der Waals surface area contributed by atoms with E-state index in [0.717, 1.165) is 24.0 Å². The van der Waals surface area contributed by atoms with E-state index in [2.05, 4.69) is 0 Å². The Labute approximate surface area is 125 Å². The fourth-order valence-electron chi connectivity index (χ4n) is 2.48. The van der Waals surface area contributed by atoms with Crippen LogP contribution in [0.25, 0.3) is 0 Å². The number of rotatable bonds is 6. The van der Waals surface area contributed by atoms with E-state index >= 15 is 0 Å². The van der Waals surface area contributed by atoms with Crippen molar-refractivity contribution in [2.75, 3.05) is 18.6 Å². The topological polar surface area (TPSA) is 72.8 Å². The molecule has 0 fully saturated rings. The lowest BCUT2D eigenvalue weighted by molar-refractivity contribution is 0.167. The van der Waals surface area contributed by atoms with Crippen LogP contribution in [0.2, 0.25) is 0 Å². The van der Waals surface area contributed by atoms with Crippen LogP contribution >= 0.6 is 0 Å². The maximum Gasteiger partial charge on any atom is 0.147 e. The van der Waals surface area contributed by atoms with Crippen molar-refractivity contribution in [3.8, 4) is 11.5 Å². The molecule has 1 heterocycles. The number of hydrogen-bond donors (Lipinski definition) is 1. The molecule has 1 N–H and O–H groups in total. The zero-order valence-electron chi connectivity index (χ0n) is 12.6. The zero-order valence-corrected chi connectivity index (χ0v) is 13.4. The van der Waals surface area contributed by atoms with Gasteiger partial charge in [-0.2, -0.15) is 0 Å². The van der Waals surface area contributed by atoms with E-state index in [1.807, 2.05) is 19.9 Å². The van der Waals surface area contributed by atoms with Gasteiger partial charge in [-0.25, -0.2) is 8.42 Å². The van der Waals surface area contributed by atoms with Gasteiger partial charge in [-0.15, -0.1) is 0 Å². The summed E-state index contributed by atoms with van der Waals surface area (Å²) in [5.41, 5.74) is 1.65. The quantitative estimate of drug-likeness (QED) is 0.868. The first-order valence-corrected chi connectivity index (χ1v) is 9.18. The number of aliphatic hydroxyl groups is 1. The average molecular weight is 314 g/mol. The monoisotopic (exact) mass is 314 g/mol. The third kappa shape index (κ3) is 4.11. The molecule has 2 rings (SSSR count). The van der Waals surface area contributed by atoms with E-state index in [1.54, 1.807) is 6.07 Å². The first kappa shape index (κ1) is 16.1. The highest BCUT2D eigenvalue weighted by Gasteiger charge is 2.24. The summed E-state index contributed by atoms with van der Waals surface area (Å²) in [6, 6.07) is 3.66. The Hall–Kier alpha value is -1.27. The minimum atomic E-state index is -3.10. The van der Waals surface area contributed by atoms with Crippen LogP contribution in [0.5, 0.6) is 11.5 Å². The maximum atomic E-state index is 11.2. The van der Waals surface area contributed by atoms with Crippen molar-refractivity contribution < 1.29 is 23.0 Å². The summed E-state index contributed by atoms with van der Waals surface area (Å²) in [7, 11) is -3.10. The highest BCUT2D eigenvalue weighted by Crippen LogP contribution is 2.38. The Morgan fingerprint density at radius 1 is 1.48 bits per heavy atom. The van der Waals surface area contributed by atoms with Crippen molar-refractivity contribution in [3.63, 3.8) is 0 Å². The van der Waals surface area contributed by atoms with E-state index in [9.17, 15) is 13.5 Å². The molecule has 118 valence electrons. The van der Waals surface area contributed by atoms with Gasteiger partial charge >= 0.3 is 0 Å². The molecular formula is C15H22O5S. The second-order valence-electron chi connectivity index (χ2n) is 5.50. The second kappa shape index (κ2) is 6.23. The largest absolute Gasteiger partial charge is 0.493 e. The number of aliphatic hydroxyl groups excluding tert-OH is 1. The van der Waals surface area contributed by atoms with Crippen LogP contribution in [0.4, 0.5) is 0 Å². The molecule has 0 amide bonds. The smallest absolute Gasteiger partial charge is 0.147 e. The standard InChI is InChI=1S/C15H22O5S/c1-4-19-15-8-11-7-10(2)20-14(11)9-12(15)13(16)5-6-21(3,17)18/h8-10,13,16H,4-7H2,1-3H3. The summed E-state index contributed by atoms with van der Waals surface area (Å²) in [6.45, 7) is 4.35. The number of benzene rings is 1. The Bertz CT molecular complexity index is 609. The van der Waals surface area contributed by atoms with Crippen molar-refractivity contribution in [2.24, 2.45) is 0 Å². The normalized spacial score (nSPS) is 19.0. The van der Waals surface area contributed by atoms with Crippen molar-refractivity contribution in [3.05, 3.63) is 23.3 Å². The van der Waals surface area contributed by atoms with Crippen LogP contribution < -0.4 is 9.47 Å². The highest BCUT2D eigenvalue weighted by atomic mass is 32.2. The van der Waals surface area contributed by atoms with Gasteiger partial charge in [0.1, 0.15) is 27.4 Å². The SMILES string of the molecule is CCOc1cc2c(cc1C(O)CCS(C)(=O)=O)OC(C)C2. The molecule has 1 aromatic carbocycles. The summed E-state index contributed by atoms with van der Waals surface area (Å²) in [6.07, 6.45) is 1.35. The number of fused-ring (bicyclic) bond motifs is 1. The van der Waals surface area contributed by atoms with Gasteiger partial charge in [0.15, 0.2) is 0 Å². The van der Waals surface area contributed by atoms with Crippen molar-refractivity contribution in [2.45, 2.75) is 38.9 Å². The summed E-state index contributed by atoms with van der Waals surface area (Å²) in [5, 5.41) is 10.3. The predicted octanol–water partition coefficient (Wildman–Crippen LogP) is 1.88. The third-order valence-corrected chi connectivity index (χ3v) is 4.43. The van der Waals surface area contributed by atoms with E-state index in [1.165, 1.54) is 0 Å². The molecule has 2 unspecified atom stereocenters. The van der Waals surface area contributed by atoms with Gasteiger partial charge in [0.25, 0.3) is 0 Å². The van der Waals surface area contributed by atoms with E-state index in [4.69, 9.17) is 9.47 Å². The molecule has 2 atom stereocenters. The van der Waals surface area contributed by atoms with Gasteiger partial charge in [-0.3, -0.25) is 0 Å². The Morgan fingerprint density at radius 2 is 2.19 bits per heavy atom. The van der Waals surface area contributed by atoms with Crippen LogP contribution in [-0.4, -0.2) is 38.2 Å². The van der Waals surface area contributed by atoms with E-state index in [-0.39, 0.29) is 18.3 Å². The molecule has 0 aromatic heterocycles. The van der Waals surface area contributed by atoms with Gasteiger partial charge in [-0.1, -0.05) is 0 Å². The summed E-state index contributed by atoms with van der Waals surface area (Å²) >= 11 is 0. The van der Waals surface area contributed by atoms with Gasteiger partial charge in [-0.05, 0) is 32.4 Å². The molecular weight excluding hydrogens is 292 g/mol. The highest BCUT2D eigenvalue weighted by molar-refractivity contribution is 7.90. The van der Waals surface area contributed by atoms with Crippen LogP contribution in [0, 0.1) is 0 Å². The molecule has 1 aliphatic rings. The van der Waals surface area contributed by atoms with Crippen molar-refractivity contribution in [1.29, 1.82) is 0 Å². The van der Waals surface area contributed by atoms with Crippen LogP contribution in [0.15, 0.2) is 12.1 Å². The van der Waals surface area contributed by atoms with Gasteiger partial charge < -0.3 is 14.6 Å². The lowest BCUT2D eigenvalue weighted by Gasteiger charge is -2.17. The number of ether oxygens (including phenoxy) is 2. The third-order valence-electron chi connectivity index (χ3n) is 3.45. The Morgan fingerprint density at radius 3 is 2.81 bits per heavy atom. The lowest BCUT2D eigenvalue weighted by atomic mass is 10.0. The fraction of sp³-hybridized carbons (Fsp3) is 0.600. The fourth-order valence-corrected chi connectivity index (χ4v) is 3.13. The molecule has 21 heavy (non-hydrogen) atoms. The second-order valence-corrected chi connectivity index (χ2v) is 7.76. The van der Waals surface area contributed by atoms with Gasteiger partial charge in [0, 0.05) is 23.8 Å². The minimum Gasteiger partial charge on any atom is -0.493 e. The molecule has 0 saturated carbocycles. The van der Waals surface area contributed by atoms with Crippen LogP contribution in [-0.2, 0) is 16.3 Å². The zero-order chi connectivity index (χ0) is 15.6. The lowest BCUT2D eigenvalue weighted by Crippen LogP contribution is -2.10. The number of hydrogen-bond acceptors (Lipinski definition) is 5. The summed E-state index contributed by atoms with van der Waals surface area (Å²) in [4.78, 5) is 0. The molecule has 0 spiro atoms. The van der Waals surface area contributed by atoms with Crippen molar-refractivity contribution >= 4 is 9.84 Å². The molecule has 6 heteroatoms. The summed E-state index contributed by atoms with van der Waals surface area (Å²) in [5.74, 6) is 1.29. The first-order chi connectivity index (χ1) is 9.80. The Balaban J connectivity index is 2.26. The molecule has 0 bridgehead atoms. The predicted molar refractivity (Wildman–Crippen MR) is 80.7 cm³/mol. The van der Waals surface area contributed by atoms with Gasteiger partial charge in [0.05, 0.1) is 18.5 Å². The van der Waals surface area contributed by atoms with Crippen LogP contribution in [0.3, 0.4) is 0 Å². The molecule has 5 nitrogen and oxygen atoms in total. The Kier molecular flexibility index (Phi) is 4.78. The van der Waals surface area contributed by atoms with E-state index < -0.39 is 15.9 Å². The maximum absolute atomic E-state index is 11.2. The molecule has 0 radical (unpaired) electrons. The molecule has 1 aromatic rings. The van der Waals surface area contributed by atoms with Crippen molar-refractivity contribution in [1.82, 2.24) is 0 Å². The average Bonchev–Trinajstić information content (AvgIpc) is 2.73. The molecule has 0 saturated heterocycles. The summed E-state index contributed by atoms with van der Waals surface area (Å²) < 4.78 is 33.8. The van der Waals surface area contributed by atoms with Crippen LogP contribution in [0.1, 0.15) is 37.5 Å². The number of sulfone groups is 1. The minimum absolute atomic E-state index is 0.0614. The van der Waals surface area contributed by atoms with E-state index in [0.29, 0.717) is 17.9 Å². The molecule has 0 aliphatic carbocycles. The first-order valence-electron chi connectivity index (χ1n) is 7.12. The molecule has 1 aliphatic heterocycles.